The summed E-state index contributed by atoms with van der Waals surface area (Å²) in [4.78, 5) is 11.6. The molecule has 1 aromatic carbocycles. The maximum atomic E-state index is 13.6. The zero-order chi connectivity index (χ0) is 14.6. The molecule has 1 aromatic rings. The Hall–Kier alpha value is -1.69. The Morgan fingerprint density at radius 3 is 2.26 bits per heavy atom. The summed E-state index contributed by atoms with van der Waals surface area (Å²) in [5.41, 5.74) is 5.62. The van der Waals surface area contributed by atoms with Crippen molar-refractivity contribution < 1.29 is 18.3 Å². The fourth-order valence-electron chi connectivity index (χ4n) is 1.47. The smallest absolute Gasteiger partial charge is 0.260 e. The molecule has 0 bridgehead atoms. The van der Waals surface area contributed by atoms with E-state index in [1.165, 1.54) is 6.92 Å². The van der Waals surface area contributed by atoms with E-state index in [1.807, 2.05) is 0 Å². The van der Waals surface area contributed by atoms with Gasteiger partial charge in [0.25, 0.3) is 5.91 Å². The lowest BCUT2D eigenvalue weighted by Gasteiger charge is -2.17. The van der Waals surface area contributed by atoms with Crippen LogP contribution in [0, 0.1) is 11.6 Å². The minimum absolute atomic E-state index is 0.0253. The normalized spacial score (nSPS) is 12.4. The van der Waals surface area contributed by atoms with Crippen LogP contribution in [0.2, 0.25) is 0 Å². The Bertz CT molecular complexity index is 441. The molecule has 6 heteroatoms. The van der Waals surface area contributed by atoms with E-state index in [0.717, 1.165) is 12.1 Å². The molecular weight excluding hydrogens is 254 g/mol. The van der Waals surface area contributed by atoms with Crippen LogP contribution in [-0.4, -0.2) is 18.1 Å². The van der Waals surface area contributed by atoms with Crippen molar-refractivity contribution in [2.75, 3.05) is 0 Å². The van der Waals surface area contributed by atoms with Gasteiger partial charge in [-0.1, -0.05) is 0 Å². The second kappa shape index (κ2) is 6.47. The highest BCUT2D eigenvalue weighted by atomic mass is 19.1. The number of carbonyl (C=O) groups is 1. The number of rotatable bonds is 5. The summed E-state index contributed by atoms with van der Waals surface area (Å²) in [5, 5.41) is 2.60. The van der Waals surface area contributed by atoms with Gasteiger partial charge in [-0.3, -0.25) is 4.79 Å². The van der Waals surface area contributed by atoms with Gasteiger partial charge in [0.15, 0.2) is 23.5 Å². The monoisotopic (exact) mass is 272 g/mol. The zero-order valence-corrected chi connectivity index (χ0v) is 11.2. The first-order chi connectivity index (χ1) is 8.85. The highest BCUT2D eigenvalue weighted by molar-refractivity contribution is 5.80. The third-order valence-corrected chi connectivity index (χ3v) is 2.39. The fraction of sp³-hybridized carbons (Fsp3) is 0.462. The van der Waals surface area contributed by atoms with Crippen LogP contribution < -0.4 is 15.8 Å². The number of nitrogens with two attached hydrogens (primary N) is 1. The number of hydrogen-bond acceptors (Lipinski definition) is 3. The number of carbonyl (C=O) groups excluding carboxylic acids is 1. The highest BCUT2D eigenvalue weighted by Crippen LogP contribution is 2.24. The molecular formula is C13H18F2N2O2. The highest BCUT2D eigenvalue weighted by Gasteiger charge is 2.20. The van der Waals surface area contributed by atoms with E-state index in [-0.39, 0.29) is 12.6 Å². The quantitative estimate of drug-likeness (QED) is 0.857. The van der Waals surface area contributed by atoms with E-state index in [2.05, 4.69) is 5.32 Å². The van der Waals surface area contributed by atoms with E-state index in [1.54, 1.807) is 13.8 Å². The van der Waals surface area contributed by atoms with E-state index in [9.17, 15) is 13.6 Å². The molecule has 1 atom stereocenters. The number of halogens is 2. The summed E-state index contributed by atoms with van der Waals surface area (Å²) in [6.45, 7) is 5.01. The molecule has 0 aliphatic heterocycles. The molecule has 1 rings (SSSR count). The minimum Gasteiger partial charge on any atom is -0.475 e. The van der Waals surface area contributed by atoms with Crippen molar-refractivity contribution in [2.24, 2.45) is 5.73 Å². The third kappa shape index (κ3) is 4.17. The Balaban J connectivity index is 2.85. The van der Waals surface area contributed by atoms with Crippen molar-refractivity contribution in [1.29, 1.82) is 0 Å². The SMILES string of the molecule is CC(C)NC(=O)C(C)Oc1c(F)cc(CN)cc1F. The molecule has 3 N–H and O–H groups in total. The maximum Gasteiger partial charge on any atom is 0.260 e. The predicted molar refractivity (Wildman–Crippen MR) is 67.6 cm³/mol. The lowest BCUT2D eigenvalue weighted by Crippen LogP contribution is -2.40. The molecule has 0 saturated heterocycles. The summed E-state index contributed by atoms with van der Waals surface area (Å²) in [7, 11) is 0. The van der Waals surface area contributed by atoms with E-state index >= 15 is 0 Å². The van der Waals surface area contributed by atoms with Gasteiger partial charge in [0.1, 0.15) is 0 Å². The van der Waals surface area contributed by atoms with Crippen LogP contribution in [0.3, 0.4) is 0 Å². The summed E-state index contributed by atoms with van der Waals surface area (Å²) in [5.74, 6) is -2.74. The Kier molecular flexibility index (Phi) is 5.23. The van der Waals surface area contributed by atoms with Crippen LogP contribution in [0.25, 0.3) is 0 Å². The van der Waals surface area contributed by atoms with E-state index in [4.69, 9.17) is 10.5 Å². The average molecular weight is 272 g/mol. The summed E-state index contributed by atoms with van der Waals surface area (Å²) >= 11 is 0. The Morgan fingerprint density at radius 2 is 1.84 bits per heavy atom. The van der Waals surface area contributed by atoms with Gasteiger partial charge in [0.2, 0.25) is 0 Å². The van der Waals surface area contributed by atoms with Crippen LogP contribution in [0.1, 0.15) is 26.3 Å². The molecule has 19 heavy (non-hydrogen) atoms. The first-order valence-corrected chi connectivity index (χ1v) is 6.00. The van der Waals surface area contributed by atoms with Crippen molar-refractivity contribution in [3.8, 4) is 5.75 Å². The molecule has 0 aliphatic carbocycles. The molecule has 0 fully saturated rings. The Morgan fingerprint density at radius 1 is 1.32 bits per heavy atom. The topological polar surface area (TPSA) is 64.3 Å². The lowest BCUT2D eigenvalue weighted by atomic mass is 10.2. The minimum atomic E-state index is -0.991. The molecule has 0 spiro atoms. The van der Waals surface area contributed by atoms with Crippen molar-refractivity contribution >= 4 is 5.91 Å². The predicted octanol–water partition coefficient (Wildman–Crippen LogP) is 1.72. The van der Waals surface area contributed by atoms with Crippen LogP contribution >= 0.6 is 0 Å². The van der Waals surface area contributed by atoms with E-state index < -0.39 is 29.4 Å². The van der Waals surface area contributed by atoms with Crippen molar-refractivity contribution in [3.05, 3.63) is 29.3 Å². The number of amides is 1. The molecule has 1 unspecified atom stereocenters. The second-order valence-corrected chi connectivity index (χ2v) is 4.52. The van der Waals surface area contributed by atoms with Crippen molar-refractivity contribution in [1.82, 2.24) is 5.32 Å². The van der Waals surface area contributed by atoms with E-state index in [0.29, 0.717) is 5.56 Å². The summed E-state index contributed by atoms with van der Waals surface area (Å²) in [6.07, 6.45) is -0.991. The molecule has 4 nitrogen and oxygen atoms in total. The third-order valence-electron chi connectivity index (χ3n) is 2.39. The van der Waals surface area contributed by atoms with Crippen LogP contribution in [0.4, 0.5) is 8.78 Å². The first-order valence-electron chi connectivity index (χ1n) is 6.00. The van der Waals surface area contributed by atoms with Crippen LogP contribution in [-0.2, 0) is 11.3 Å². The van der Waals surface area contributed by atoms with Gasteiger partial charge in [-0.2, -0.15) is 0 Å². The second-order valence-electron chi connectivity index (χ2n) is 4.52. The molecule has 0 heterocycles. The molecule has 0 saturated carbocycles. The molecule has 0 aliphatic rings. The molecule has 0 aromatic heterocycles. The van der Waals surface area contributed by atoms with Gasteiger partial charge < -0.3 is 15.8 Å². The zero-order valence-electron chi connectivity index (χ0n) is 11.2. The van der Waals surface area contributed by atoms with Crippen molar-refractivity contribution in [3.63, 3.8) is 0 Å². The number of nitrogens with one attached hydrogen (secondary N) is 1. The standard InChI is InChI=1S/C13H18F2N2O2/c1-7(2)17-13(18)8(3)19-12-10(14)4-9(6-16)5-11(12)15/h4-5,7-8H,6,16H2,1-3H3,(H,17,18). The fourth-order valence-corrected chi connectivity index (χ4v) is 1.47. The average Bonchev–Trinajstić information content (AvgIpc) is 2.32. The Labute approximate surface area is 110 Å². The number of ether oxygens (including phenoxy) is 1. The first kappa shape index (κ1) is 15.4. The van der Waals surface area contributed by atoms with Gasteiger partial charge in [-0.15, -0.1) is 0 Å². The summed E-state index contributed by atoms with van der Waals surface area (Å²) in [6, 6.07) is 2.10. The van der Waals surface area contributed by atoms with Crippen LogP contribution in [0.15, 0.2) is 12.1 Å². The van der Waals surface area contributed by atoms with Gasteiger partial charge in [-0.25, -0.2) is 8.78 Å². The number of hydrogen-bond donors (Lipinski definition) is 2. The van der Waals surface area contributed by atoms with Gasteiger partial charge in [0.05, 0.1) is 0 Å². The maximum absolute atomic E-state index is 13.6. The van der Waals surface area contributed by atoms with Crippen LogP contribution in [0.5, 0.6) is 5.75 Å². The van der Waals surface area contributed by atoms with Gasteiger partial charge >= 0.3 is 0 Å². The van der Waals surface area contributed by atoms with Gasteiger partial charge in [0, 0.05) is 12.6 Å². The largest absolute Gasteiger partial charge is 0.475 e. The number of benzene rings is 1. The molecule has 106 valence electrons. The summed E-state index contributed by atoms with van der Waals surface area (Å²) < 4.78 is 32.3. The van der Waals surface area contributed by atoms with Gasteiger partial charge in [-0.05, 0) is 38.5 Å². The molecule has 0 radical (unpaired) electrons. The molecule has 1 amide bonds. The van der Waals surface area contributed by atoms with Crippen molar-refractivity contribution in [2.45, 2.75) is 39.5 Å². The lowest BCUT2D eigenvalue weighted by molar-refractivity contribution is -0.127.